The summed E-state index contributed by atoms with van der Waals surface area (Å²) < 4.78 is 0. The number of aliphatic carboxylic acids is 1. The van der Waals surface area contributed by atoms with Gasteiger partial charge < -0.3 is 15.5 Å². The largest absolute Gasteiger partial charge is 0.480 e. The molecular formula is C11H19NO4. The van der Waals surface area contributed by atoms with E-state index in [0.717, 1.165) is 0 Å². The van der Waals surface area contributed by atoms with Gasteiger partial charge in [-0.05, 0) is 10.8 Å². The standard InChI is InChI=1S/C11H19NO4/c1-10(2)7(11(10,3)4)8(14)12-6(5-13)9(15)16/h6-7,13H,5H2,1-4H3,(H,12,14)(H,15,16)/t6-/m1/s1. The predicted molar refractivity (Wildman–Crippen MR) is 57.7 cm³/mol. The van der Waals surface area contributed by atoms with Crippen LogP contribution in [0.2, 0.25) is 0 Å². The first-order chi connectivity index (χ1) is 7.16. The molecule has 92 valence electrons. The van der Waals surface area contributed by atoms with Crippen molar-refractivity contribution in [2.45, 2.75) is 33.7 Å². The van der Waals surface area contributed by atoms with E-state index in [4.69, 9.17) is 10.2 Å². The summed E-state index contributed by atoms with van der Waals surface area (Å²) in [6.07, 6.45) is 0. The Labute approximate surface area is 94.8 Å². The third-order valence-electron chi connectivity index (χ3n) is 4.08. The zero-order valence-corrected chi connectivity index (χ0v) is 10.1. The SMILES string of the molecule is CC1(C)C(C(=O)N[C@H](CO)C(=O)O)C1(C)C. The molecule has 1 atom stereocenters. The lowest BCUT2D eigenvalue weighted by Gasteiger charge is -2.12. The maximum Gasteiger partial charge on any atom is 0.328 e. The molecule has 16 heavy (non-hydrogen) atoms. The Balaban J connectivity index is 2.66. The van der Waals surface area contributed by atoms with Crippen LogP contribution in [0.5, 0.6) is 0 Å². The van der Waals surface area contributed by atoms with Gasteiger partial charge in [0.2, 0.25) is 5.91 Å². The first-order valence-electron chi connectivity index (χ1n) is 5.30. The number of hydrogen-bond acceptors (Lipinski definition) is 3. The molecule has 0 bridgehead atoms. The molecule has 0 aromatic rings. The van der Waals surface area contributed by atoms with Gasteiger partial charge in [-0.2, -0.15) is 0 Å². The van der Waals surface area contributed by atoms with Crippen LogP contribution >= 0.6 is 0 Å². The van der Waals surface area contributed by atoms with E-state index >= 15 is 0 Å². The van der Waals surface area contributed by atoms with Crippen molar-refractivity contribution in [2.75, 3.05) is 6.61 Å². The normalized spacial score (nSPS) is 23.6. The molecule has 0 aromatic heterocycles. The Kier molecular flexibility index (Phi) is 3.02. The molecule has 5 heteroatoms. The Morgan fingerprint density at radius 1 is 1.25 bits per heavy atom. The minimum absolute atomic E-state index is 0.129. The molecule has 0 aromatic carbocycles. The number of carboxylic acid groups (broad SMARTS) is 1. The second kappa shape index (κ2) is 3.73. The number of amides is 1. The van der Waals surface area contributed by atoms with E-state index in [-0.39, 0.29) is 22.7 Å². The lowest BCUT2D eigenvalue weighted by Crippen LogP contribution is -2.44. The number of carboxylic acids is 1. The lowest BCUT2D eigenvalue weighted by atomic mass is 10.0. The number of hydrogen-bond donors (Lipinski definition) is 3. The first-order valence-corrected chi connectivity index (χ1v) is 5.30. The topological polar surface area (TPSA) is 86.6 Å². The fourth-order valence-corrected chi connectivity index (χ4v) is 2.29. The zero-order chi connectivity index (χ0) is 12.7. The number of carbonyl (C=O) groups excluding carboxylic acids is 1. The fraction of sp³-hybridized carbons (Fsp3) is 0.818. The van der Waals surface area contributed by atoms with Gasteiger partial charge in [-0.15, -0.1) is 0 Å². The first kappa shape index (κ1) is 13.0. The van der Waals surface area contributed by atoms with Gasteiger partial charge in [0, 0.05) is 5.92 Å². The van der Waals surface area contributed by atoms with Crippen LogP contribution in [0, 0.1) is 16.7 Å². The molecule has 0 heterocycles. The molecule has 3 N–H and O–H groups in total. The molecule has 0 spiro atoms. The van der Waals surface area contributed by atoms with Crippen molar-refractivity contribution in [3.05, 3.63) is 0 Å². The molecule has 1 fully saturated rings. The van der Waals surface area contributed by atoms with Crippen LogP contribution in [0.25, 0.3) is 0 Å². The minimum atomic E-state index is -1.22. The quantitative estimate of drug-likeness (QED) is 0.644. The van der Waals surface area contributed by atoms with E-state index < -0.39 is 18.6 Å². The molecule has 1 saturated carbocycles. The highest BCUT2D eigenvalue weighted by Gasteiger charge is 2.68. The zero-order valence-electron chi connectivity index (χ0n) is 10.1. The van der Waals surface area contributed by atoms with Gasteiger partial charge in [-0.3, -0.25) is 4.79 Å². The number of rotatable bonds is 4. The smallest absolute Gasteiger partial charge is 0.328 e. The summed E-state index contributed by atoms with van der Waals surface area (Å²) in [6, 6.07) is -1.21. The van der Waals surface area contributed by atoms with Crippen molar-refractivity contribution in [3.8, 4) is 0 Å². The van der Waals surface area contributed by atoms with Crippen molar-refractivity contribution in [2.24, 2.45) is 16.7 Å². The maximum atomic E-state index is 11.8. The van der Waals surface area contributed by atoms with Crippen LogP contribution < -0.4 is 5.32 Å². The number of aliphatic hydroxyl groups is 1. The Morgan fingerprint density at radius 2 is 1.69 bits per heavy atom. The Bertz CT molecular complexity index is 308. The molecule has 0 saturated heterocycles. The van der Waals surface area contributed by atoms with Crippen molar-refractivity contribution in [1.29, 1.82) is 0 Å². The summed E-state index contributed by atoms with van der Waals surface area (Å²) in [4.78, 5) is 22.5. The van der Waals surface area contributed by atoms with Gasteiger partial charge in [0.15, 0.2) is 0 Å². The van der Waals surface area contributed by atoms with Crippen LogP contribution in [0.4, 0.5) is 0 Å². The average molecular weight is 229 g/mol. The monoisotopic (exact) mass is 229 g/mol. The number of aliphatic hydroxyl groups excluding tert-OH is 1. The summed E-state index contributed by atoms with van der Waals surface area (Å²) in [5.41, 5.74) is -0.259. The Morgan fingerprint density at radius 3 is 1.94 bits per heavy atom. The van der Waals surface area contributed by atoms with Crippen LogP contribution in [0.1, 0.15) is 27.7 Å². The van der Waals surface area contributed by atoms with Crippen molar-refractivity contribution < 1.29 is 19.8 Å². The molecule has 0 unspecified atom stereocenters. The van der Waals surface area contributed by atoms with E-state index in [1.54, 1.807) is 0 Å². The second-order valence-corrected chi connectivity index (χ2v) is 5.46. The molecule has 1 aliphatic rings. The van der Waals surface area contributed by atoms with Gasteiger partial charge in [-0.25, -0.2) is 4.79 Å². The van der Waals surface area contributed by atoms with Crippen molar-refractivity contribution >= 4 is 11.9 Å². The molecule has 0 radical (unpaired) electrons. The number of carbonyl (C=O) groups is 2. The van der Waals surface area contributed by atoms with Crippen LogP contribution in [0.15, 0.2) is 0 Å². The fourth-order valence-electron chi connectivity index (χ4n) is 2.29. The predicted octanol–water partition coefficient (Wildman–Crippen LogP) is 0.230. The highest BCUT2D eigenvalue weighted by molar-refractivity contribution is 5.88. The average Bonchev–Trinajstić information content (AvgIpc) is 2.52. The maximum absolute atomic E-state index is 11.8. The molecular weight excluding hydrogens is 210 g/mol. The summed E-state index contributed by atoms with van der Waals surface area (Å²) in [6.45, 7) is 7.32. The van der Waals surface area contributed by atoms with Crippen molar-refractivity contribution in [1.82, 2.24) is 5.32 Å². The van der Waals surface area contributed by atoms with Gasteiger partial charge in [0.1, 0.15) is 6.04 Å². The van der Waals surface area contributed by atoms with Crippen LogP contribution in [-0.4, -0.2) is 34.7 Å². The summed E-state index contributed by atoms with van der Waals surface area (Å²) in [5.74, 6) is -1.71. The van der Waals surface area contributed by atoms with E-state index in [9.17, 15) is 9.59 Å². The number of nitrogens with one attached hydrogen (secondary N) is 1. The highest BCUT2D eigenvalue weighted by Crippen LogP contribution is 2.68. The second-order valence-electron chi connectivity index (χ2n) is 5.46. The lowest BCUT2D eigenvalue weighted by molar-refractivity contribution is -0.143. The summed E-state index contributed by atoms with van der Waals surface area (Å²) >= 11 is 0. The highest BCUT2D eigenvalue weighted by atomic mass is 16.4. The minimum Gasteiger partial charge on any atom is -0.480 e. The van der Waals surface area contributed by atoms with Gasteiger partial charge in [0.05, 0.1) is 6.61 Å². The summed E-state index contributed by atoms with van der Waals surface area (Å²) in [5, 5.41) is 19.9. The molecule has 1 rings (SSSR count). The van der Waals surface area contributed by atoms with Gasteiger partial charge >= 0.3 is 5.97 Å². The van der Waals surface area contributed by atoms with E-state index in [1.807, 2.05) is 27.7 Å². The van der Waals surface area contributed by atoms with Crippen molar-refractivity contribution in [3.63, 3.8) is 0 Å². The van der Waals surface area contributed by atoms with Gasteiger partial charge in [-0.1, -0.05) is 27.7 Å². The molecule has 1 aliphatic carbocycles. The molecule has 0 aliphatic heterocycles. The molecule has 5 nitrogen and oxygen atoms in total. The van der Waals surface area contributed by atoms with Gasteiger partial charge in [0.25, 0.3) is 0 Å². The van der Waals surface area contributed by atoms with Crippen LogP contribution in [0.3, 0.4) is 0 Å². The third kappa shape index (κ3) is 1.80. The van der Waals surface area contributed by atoms with E-state index in [0.29, 0.717) is 0 Å². The van der Waals surface area contributed by atoms with E-state index in [2.05, 4.69) is 5.32 Å². The molecule has 1 amide bonds. The Hall–Kier alpha value is -1.10. The summed E-state index contributed by atoms with van der Waals surface area (Å²) in [7, 11) is 0. The third-order valence-corrected chi connectivity index (χ3v) is 4.08. The van der Waals surface area contributed by atoms with E-state index in [1.165, 1.54) is 0 Å². The van der Waals surface area contributed by atoms with Crippen LogP contribution in [-0.2, 0) is 9.59 Å².